The van der Waals surface area contributed by atoms with Crippen LogP contribution in [0.4, 0.5) is 0 Å². The summed E-state index contributed by atoms with van der Waals surface area (Å²) in [6, 6.07) is 0. The van der Waals surface area contributed by atoms with E-state index in [0.717, 1.165) is 0 Å². The first kappa shape index (κ1) is 12.6. The van der Waals surface area contributed by atoms with Crippen LogP contribution in [-0.2, 0) is 16.1 Å². The van der Waals surface area contributed by atoms with Crippen molar-refractivity contribution in [3.63, 3.8) is 0 Å². The van der Waals surface area contributed by atoms with Crippen molar-refractivity contribution in [2.24, 2.45) is 0 Å². The van der Waals surface area contributed by atoms with Gasteiger partial charge in [0.05, 0.1) is 0 Å². The van der Waals surface area contributed by atoms with E-state index in [1.54, 1.807) is 0 Å². The average molecular weight is 341 g/mol. The summed E-state index contributed by atoms with van der Waals surface area (Å²) in [4.78, 5) is 12.7. The molecular formula is C8H11Br2N3O2. The second-order valence-corrected chi connectivity index (χ2v) is 5.40. The van der Waals surface area contributed by atoms with Crippen LogP contribution in [0.1, 0.15) is 20.8 Å². The lowest BCUT2D eigenvalue weighted by atomic mass is 10.2. The van der Waals surface area contributed by atoms with Crippen molar-refractivity contribution in [1.29, 1.82) is 0 Å². The predicted molar refractivity (Wildman–Crippen MR) is 61.3 cm³/mol. The Morgan fingerprint density at radius 2 is 1.80 bits per heavy atom. The van der Waals surface area contributed by atoms with E-state index < -0.39 is 5.60 Å². The zero-order valence-electron chi connectivity index (χ0n) is 8.62. The van der Waals surface area contributed by atoms with E-state index in [4.69, 9.17) is 4.74 Å². The van der Waals surface area contributed by atoms with Crippen molar-refractivity contribution in [3.05, 3.63) is 9.21 Å². The van der Waals surface area contributed by atoms with Crippen LogP contribution in [0.3, 0.4) is 0 Å². The molecule has 0 bridgehead atoms. The molecule has 0 aliphatic heterocycles. The molecule has 0 fully saturated rings. The van der Waals surface area contributed by atoms with E-state index in [1.165, 1.54) is 4.80 Å². The monoisotopic (exact) mass is 339 g/mol. The van der Waals surface area contributed by atoms with Crippen LogP contribution < -0.4 is 0 Å². The van der Waals surface area contributed by atoms with E-state index in [9.17, 15) is 4.79 Å². The lowest BCUT2D eigenvalue weighted by molar-refractivity contribution is -0.156. The van der Waals surface area contributed by atoms with Crippen LogP contribution in [0.5, 0.6) is 0 Å². The molecule has 5 nitrogen and oxygen atoms in total. The van der Waals surface area contributed by atoms with Gasteiger partial charge in [-0.3, -0.25) is 0 Å². The van der Waals surface area contributed by atoms with Gasteiger partial charge >= 0.3 is 5.97 Å². The van der Waals surface area contributed by atoms with Crippen molar-refractivity contribution in [2.75, 3.05) is 0 Å². The normalized spacial score (nSPS) is 11.5. The summed E-state index contributed by atoms with van der Waals surface area (Å²) in [5, 5.41) is 7.91. The number of carbonyl (C=O) groups excluding carboxylic acids is 1. The number of ether oxygens (including phenoxy) is 1. The Morgan fingerprint density at radius 3 is 2.20 bits per heavy atom. The Hall–Kier alpha value is -0.430. The third-order valence-electron chi connectivity index (χ3n) is 1.27. The summed E-state index contributed by atoms with van der Waals surface area (Å²) in [5.74, 6) is -0.363. The minimum Gasteiger partial charge on any atom is -0.459 e. The van der Waals surface area contributed by atoms with Crippen molar-refractivity contribution in [1.82, 2.24) is 15.0 Å². The number of halogens is 2. The molecule has 1 heterocycles. The van der Waals surface area contributed by atoms with E-state index in [2.05, 4.69) is 42.1 Å². The number of aromatic nitrogens is 3. The summed E-state index contributed by atoms with van der Waals surface area (Å²) in [6.45, 7) is 5.44. The number of hydrogen-bond donors (Lipinski definition) is 0. The highest BCUT2D eigenvalue weighted by Crippen LogP contribution is 2.17. The summed E-state index contributed by atoms with van der Waals surface area (Å²) >= 11 is 6.35. The Labute approximate surface area is 104 Å². The topological polar surface area (TPSA) is 57.0 Å². The third kappa shape index (κ3) is 4.29. The SMILES string of the molecule is CC(C)(C)OC(=O)Cn1nc(Br)c(Br)n1. The lowest BCUT2D eigenvalue weighted by Crippen LogP contribution is -2.27. The fraction of sp³-hybridized carbons (Fsp3) is 0.625. The molecule has 0 atom stereocenters. The molecule has 0 spiro atoms. The van der Waals surface area contributed by atoms with Crippen LogP contribution in [0.2, 0.25) is 0 Å². The summed E-state index contributed by atoms with van der Waals surface area (Å²) < 4.78 is 6.24. The van der Waals surface area contributed by atoms with Gasteiger partial charge in [-0.25, -0.2) is 4.79 Å². The quantitative estimate of drug-likeness (QED) is 0.774. The summed E-state index contributed by atoms with van der Waals surface area (Å²) in [5.41, 5.74) is -0.487. The zero-order valence-corrected chi connectivity index (χ0v) is 11.8. The van der Waals surface area contributed by atoms with Gasteiger partial charge in [0.25, 0.3) is 0 Å². The fourth-order valence-electron chi connectivity index (χ4n) is 0.868. The van der Waals surface area contributed by atoms with Crippen LogP contribution in [0, 0.1) is 0 Å². The maximum Gasteiger partial charge on any atom is 0.330 e. The number of carbonyl (C=O) groups is 1. The molecule has 7 heteroatoms. The van der Waals surface area contributed by atoms with Crippen molar-refractivity contribution in [2.45, 2.75) is 32.9 Å². The molecule has 1 aromatic heterocycles. The highest BCUT2D eigenvalue weighted by molar-refractivity contribution is 9.13. The Bertz CT molecular complexity index is 351. The van der Waals surface area contributed by atoms with Crippen molar-refractivity contribution < 1.29 is 9.53 Å². The van der Waals surface area contributed by atoms with Crippen LogP contribution >= 0.6 is 31.9 Å². The Morgan fingerprint density at radius 1 is 1.33 bits per heavy atom. The molecule has 0 radical (unpaired) electrons. The van der Waals surface area contributed by atoms with Crippen molar-refractivity contribution >= 4 is 37.8 Å². The molecule has 0 N–H and O–H groups in total. The molecular weight excluding hydrogens is 330 g/mol. The third-order valence-corrected chi connectivity index (χ3v) is 2.87. The summed E-state index contributed by atoms with van der Waals surface area (Å²) in [7, 11) is 0. The van der Waals surface area contributed by atoms with E-state index in [0.29, 0.717) is 9.21 Å². The first-order valence-electron chi connectivity index (χ1n) is 4.26. The van der Waals surface area contributed by atoms with E-state index >= 15 is 0 Å². The molecule has 0 aliphatic carbocycles. The minimum absolute atomic E-state index is 0.00146. The molecule has 1 aromatic rings. The molecule has 0 aliphatic rings. The van der Waals surface area contributed by atoms with Crippen LogP contribution in [0.15, 0.2) is 9.21 Å². The van der Waals surface area contributed by atoms with Gasteiger partial charge in [0.2, 0.25) is 0 Å². The van der Waals surface area contributed by atoms with Gasteiger partial charge in [0.1, 0.15) is 5.60 Å². The number of esters is 1. The van der Waals surface area contributed by atoms with E-state index in [-0.39, 0.29) is 12.5 Å². The number of nitrogens with zero attached hydrogens (tertiary/aromatic N) is 3. The van der Waals surface area contributed by atoms with Gasteiger partial charge in [0.15, 0.2) is 15.8 Å². The first-order valence-corrected chi connectivity index (χ1v) is 5.84. The van der Waals surface area contributed by atoms with Gasteiger partial charge in [0, 0.05) is 0 Å². The van der Waals surface area contributed by atoms with Gasteiger partial charge in [-0.15, -0.1) is 10.2 Å². The highest BCUT2D eigenvalue weighted by atomic mass is 79.9. The number of rotatable bonds is 2. The smallest absolute Gasteiger partial charge is 0.330 e. The molecule has 84 valence electrons. The minimum atomic E-state index is -0.487. The molecule has 15 heavy (non-hydrogen) atoms. The maximum atomic E-state index is 11.4. The Balaban J connectivity index is 2.59. The lowest BCUT2D eigenvalue weighted by Gasteiger charge is -2.18. The summed E-state index contributed by atoms with van der Waals surface area (Å²) in [6.07, 6.45) is 0. The van der Waals surface area contributed by atoms with Crippen LogP contribution in [-0.4, -0.2) is 26.6 Å². The molecule has 0 saturated heterocycles. The average Bonchev–Trinajstić information content (AvgIpc) is 2.26. The Kier molecular flexibility index (Phi) is 3.88. The highest BCUT2D eigenvalue weighted by Gasteiger charge is 2.17. The standard InChI is InChI=1S/C8H11Br2N3O2/c1-8(2,3)15-5(14)4-13-11-6(9)7(10)12-13/h4H2,1-3H3. The molecule has 0 aromatic carbocycles. The van der Waals surface area contributed by atoms with E-state index in [1.807, 2.05) is 20.8 Å². The molecule has 0 unspecified atom stereocenters. The largest absolute Gasteiger partial charge is 0.459 e. The van der Waals surface area contributed by atoms with Crippen molar-refractivity contribution in [3.8, 4) is 0 Å². The molecule has 0 saturated carbocycles. The first-order chi connectivity index (χ1) is 6.78. The number of hydrogen-bond acceptors (Lipinski definition) is 4. The second-order valence-electron chi connectivity index (χ2n) is 3.90. The van der Waals surface area contributed by atoms with Gasteiger partial charge in [-0.05, 0) is 52.6 Å². The molecule has 1 rings (SSSR count). The predicted octanol–water partition coefficient (Wildman–Crippen LogP) is 2.14. The van der Waals surface area contributed by atoms with Gasteiger partial charge in [-0.1, -0.05) is 0 Å². The fourth-order valence-corrected chi connectivity index (χ4v) is 1.39. The molecule has 0 amide bonds. The maximum absolute atomic E-state index is 11.4. The van der Waals surface area contributed by atoms with Gasteiger partial charge < -0.3 is 4.74 Å². The van der Waals surface area contributed by atoms with Gasteiger partial charge in [-0.2, -0.15) is 4.80 Å². The zero-order chi connectivity index (χ0) is 11.6. The van der Waals surface area contributed by atoms with Crippen LogP contribution in [0.25, 0.3) is 0 Å². The second kappa shape index (κ2) is 4.61.